The van der Waals surface area contributed by atoms with Crippen molar-refractivity contribution in [2.45, 2.75) is 6.36 Å². The van der Waals surface area contributed by atoms with E-state index in [-0.39, 0.29) is 11.7 Å². The molecule has 0 fully saturated rings. The summed E-state index contributed by atoms with van der Waals surface area (Å²) in [5.74, 6) is -0.643. The molecule has 8 heteroatoms. The minimum Gasteiger partial charge on any atom is -0.406 e. The van der Waals surface area contributed by atoms with Crippen molar-refractivity contribution in [3.63, 3.8) is 0 Å². The Kier molecular flexibility index (Phi) is 4.18. The fourth-order valence-corrected chi connectivity index (χ4v) is 2.30. The van der Waals surface area contributed by atoms with Gasteiger partial charge in [0.25, 0.3) is 0 Å². The number of aromatic nitrogens is 2. The Bertz CT molecular complexity index is 930. The number of benzene rings is 1. The van der Waals surface area contributed by atoms with Crippen molar-refractivity contribution in [1.82, 2.24) is 9.55 Å². The number of ether oxygens (including phenoxy) is 1. The minimum atomic E-state index is -4.73. The van der Waals surface area contributed by atoms with E-state index in [1.165, 1.54) is 30.5 Å². The van der Waals surface area contributed by atoms with Gasteiger partial charge in [-0.2, -0.15) is 0 Å². The first-order valence-electron chi connectivity index (χ1n) is 7.12. The second kappa shape index (κ2) is 6.31. The van der Waals surface area contributed by atoms with Gasteiger partial charge in [-0.3, -0.25) is 4.79 Å². The molecule has 0 aliphatic rings. The lowest BCUT2D eigenvalue weighted by atomic mass is 10.3. The van der Waals surface area contributed by atoms with E-state index in [9.17, 15) is 18.0 Å². The summed E-state index contributed by atoms with van der Waals surface area (Å²) in [5.41, 5.74) is 1.74. The SMILES string of the molecule is C=CC(=O)Nc1cnc2c(ccn2-c2ccc(OC(F)(F)F)cc2)c1. The van der Waals surface area contributed by atoms with Crippen molar-refractivity contribution >= 4 is 22.6 Å². The summed E-state index contributed by atoms with van der Waals surface area (Å²) >= 11 is 0. The molecule has 0 saturated heterocycles. The monoisotopic (exact) mass is 347 g/mol. The first-order chi connectivity index (χ1) is 11.9. The molecular formula is C17H12F3N3O2. The number of nitrogens with one attached hydrogen (secondary N) is 1. The Balaban J connectivity index is 1.89. The molecule has 1 amide bonds. The number of carbonyl (C=O) groups is 1. The maximum atomic E-state index is 12.2. The van der Waals surface area contributed by atoms with Crippen molar-refractivity contribution in [1.29, 1.82) is 0 Å². The summed E-state index contributed by atoms with van der Waals surface area (Å²) in [6, 6.07) is 8.97. The van der Waals surface area contributed by atoms with Crippen LogP contribution in [0.2, 0.25) is 0 Å². The Morgan fingerprint density at radius 3 is 2.60 bits per heavy atom. The van der Waals surface area contributed by atoms with Gasteiger partial charge in [-0.15, -0.1) is 13.2 Å². The highest BCUT2D eigenvalue weighted by atomic mass is 19.4. The number of rotatable bonds is 4. The van der Waals surface area contributed by atoms with Crippen LogP contribution >= 0.6 is 0 Å². The molecule has 0 radical (unpaired) electrons. The van der Waals surface area contributed by atoms with Crippen LogP contribution in [-0.4, -0.2) is 21.8 Å². The number of hydrogen-bond acceptors (Lipinski definition) is 3. The van der Waals surface area contributed by atoms with Gasteiger partial charge >= 0.3 is 6.36 Å². The van der Waals surface area contributed by atoms with Gasteiger partial charge in [-0.1, -0.05) is 6.58 Å². The molecule has 1 N–H and O–H groups in total. The molecule has 0 aliphatic carbocycles. The predicted molar refractivity (Wildman–Crippen MR) is 86.6 cm³/mol. The van der Waals surface area contributed by atoms with Crippen LogP contribution in [0, 0.1) is 0 Å². The van der Waals surface area contributed by atoms with Gasteiger partial charge in [0.2, 0.25) is 5.91 Å². The average molecular weight is 347 g/mol. The Morgan fingerprint density at radius 2 is 1.96 bits per heavy atom. The highest BCUT2D eigenvalue weighted by molar-refractivity contribution is 5.99. The number of hydrogen-bond donors (Lipinski definition) is 1. The van der Waals surface area contributed by atoms with Crippen LogP contribution in [0.25, 0.3) is 16.7 Å². The maximum absolute atomic E-state index is 12.2. The number of pyridine rings is 1. The molecule has 0 atom stereocenters. The van der Waals surface area contributed by atoms with Crippen molar-refractivity contribution in [3.05, 3.63) is 61.4 Å². The van der Waals surface area contributed by atoms with E-state index in [1.54, 1.807) is 22.9 Å². The Labute approximate surface area is 140 Å². The molecule has 5 nitrogen and oxygen atoms in total. The second-order valence-corrected chi connectivity index (χ2v) is 5.06. The van der Waals surface area contributed by atoms with Gasteiger partial charge < -0.3 is 14.6 Å². The molecule has 25 heavy (non-hydrogen) atoms. The molecule has 128 valence electrons. The van der Waals surface area contributed by atoms with E-state index < -0.39 is 6.36 Å². The minimum absolute atomic E-state index is 0.296. The van der Waals surface area contributed by atoms with Crippen molar-refractivity contribution in [3.8, 4) is 11.4 Å². The van der Waals surface area contributed by atoms with E-state index in [2.05, 4.69) is 21.6 Å². The van der Waals surface area contributed by atoms with Crippen LogP contribution in [0.15, 0.2) is 61.4 Å². The van der Waals surface area contributed by atoms with Gasteiger partial charge in [0.15, 0.2) is 0 Å². The lowest BCUT2D eigenvalue weighted by Crippen LogP contribution is -2.17. The smallest absolute Gasteiger partial charge is 0.406 e. The molecule has 0 spiro atoms. The van der Waals surface area contributed by atoms with Crippen molar-refractivity contribution in [2.24, 2.45) is 0 Å². The number of carbonyl (C=O) groups excluding carboxylic acids is 1. The van der Waals surface area contributed by atoms with Gasteiger partial charge in [0.1, 0.15) is 11.4 Å². The lowest BCUT2D eigenvalue weighted by Gasteiger charge is -2.10. The van der Waals surface area contributed by atoms with Gasteiger partial charge in [-0.25, -0.2) is 4.98 Å². The molecule has 1 aromatic carbocycles. The third kappa shape index (κ3) is 3.79. The summed E-state index contributed by atoms with van der Waals surface area (Å²) in [5, 5.41) is 3.37. The number of halogens is 3. The molecule has 0 aliphatic heterocycles. The number of nitrogens with zero attached hydrogens (tertiary/aromatic N) is 2. The molecule has 0 unspecified atom stereocenters. The summed E-state index contributed by atoms with van der Waals surface area (Å²) < 4.78 is 42.2. The third-order valence-electron chi connectivity index (χ3n) is 3.33. The number of amides is 1. The Hall–Kier alpha value is -3.29. The van der Waals surface area contributed by atoms with E-state index in [0.717, 1.165) is 11.5 Å². The number of anilines is 1. The van der Waals surface area contributed by atoms with Gasteiger partial charge in [-0.05, 0) is 42.5 Å². The van der Waals surface area contributed by atoms with Crippen molar-refractivity contribution in [2.75, 3.05) is 5.32 Å². The van der Waals surface area contributed by atoms with Gasteiger partial charge in [0.05, 0.1) is 11.9 Å². The zero-order chi connectivity index (χ0) is 18.0. The first kappa shape index (κ1) is 16.6. The molecule has 3 aromatic rings. The van der Waals surface area contributed by atoms with E-state index in [1.807, 2.05) is 0 Å². The second-order valence-electron chi connectivity index (χ2n) is 5.06. The largest absolute Gasteiger partial charge is 0.573 e. The normalized spacial score (nSPS) is 11.3. The van der Waals surface area contributed by atoms with Gasteiger partial charge in [0, 0.05) is 17.3 Å². The topological polar surface area (TPSA) is 56.2 Å². The van der Waals surface area contributed by atoms with Crippen LogP contribution in [0.5, 0.6) is 5.75 Å². The fourth-order valence-electron chi connectivity index (χ4n) is 2.30. The summed E-state index contributed by atoms with van der Waals surface area (Å²) in [4.78, 5) is 15.6. The third-order valence-corrected chi connectivity index (χ3v) is 3.33. The van der Waals surface area contributed by atoms with E-state index in [4.69, 9.17) is 0 Å². The average Bonchev–Trinajstić information content (AvgIpc) is 2.97. The molecular weight excluding hydrogens is 335 g/mol. The molecule has 2 aromatic heterocycles. The maximum Gasteiger partial charge on any atom is 0.573 e. The van der Waals surface area contributed by atoms with Crippen LogP contribution < -0.4 is 10.1 Å². The van der Waals surface area contributed by atoms with Crippen LogP contribution in [-0.2, 0) is 4.79 Å². The van der Waals surface area contributed by atoms with Crippen LogP contribution in [0.4, 0.5) is 18.9 Å². The van der Waals surface area contributed by atoms with Crippen LogP contribution in [0.3, 0.4) is 0 Å². The summed E-state index contributed by atoms with van der Waals surface area (Å²) in [6.45, 7) is 3.37. The zero-order valence-corrected chi connectivity index (χ0v) is 12.7. The van der Waals surface area contributed by atoms with E-state index in [0.29, 0.717) is 17.0 Å². The quantitative estimate of drug-likeness (QED) is 0.725. The standard InChI is InChI=1S/C17H12F3N3O2/c1-2-15(24)22-12-9-11-7-8-23(16(11)21-10-12)13-3-5-14(6-4-13)25-17(18,19)20/h2-10H,1H2,(H,22,24). The summed E-state index contributed by atoms with van der Waals surface area (Å²) in [7, 11) is 0. The first-order valence-corrected chi connectivity index (χ1v) is 7.12. The predicted octanol–water partition coefficient (Wildman–Crippen LogP) is 4.05. The lowest BCUT2D eigenvalue weighted by molar-refractivity contribution is -0.274. The number of fused-ring (bicyclic) bond motifs is 1. The zero-order valence-electron chi connectivity index (χ0n) is 12.7. The highest BCUT2D eigenvalue weighted by Gasteiger charge is 2.30. The van der Waals surface area contributed by atoms with E-state index >= 15 is 0 Å². The van der Waals surface area contributed by atoms with Crippen LogP contribution in [0.1, 0.15) is 0 Å². The molecule has 3 rings (SSSR count). The number of alkyl halides is 3. The molecule has 2 heterocycles. The molecule has 0 bridgehead atoms. The highest BCUT2D eigenvalue weighted by Crippen LogP contribution is 2.26. The molecule has 0 saturated carbocycles. The fraction of sp³-hybridized carbons (Fsp3) is 0.0588. The van der Waals surface area contributed by atoms with Crippen molar-refractivity contribution < 1.29 is 22.7 Å². The Morgan fingerprint density at radius 1 is 1.24 bits per heavy atom. The summed E-state index contributed by atoms with van der Waals surface area (Å²) in [6.07, 6.45) is -0.354.